The summed E-state index contributed by atoms with van der Waals surface area (Å²) >= 11 is 0. The van der Waals surface area contributed by atoms with Gasteiger partial charge in [0.15, 0.2) is 4.98 Å². The zero-order chi connectivity index (χ0) is 12.8. The van der Waals surface area contributed by atoms with Crippen LogP contribution in [0, 0.1) is 5.39 Å². The summed E-state index contributed by atoms with van der Waals surface area (Å²) in [7, 11) is 0. The van der Waals surface area contributed by atoms with E-state index in [0.29, 0.717) is 5.69 Å². The second-order valence-electron chi connectivity index (χ2n) is 4.14. The molecule has 0 amide bonds. The van der Waals surface area contributed by atoms with Gasteiger partial charge in [-0.25, -0.2) is 0 Å². The van der Waals surface area contributed by atoms with Crippen molar-refractivity contribution in [1.82, 2.24) is 0 Å². The van der Waals surface area contributed by atoms with E-state index in [4.69, 9.17) is 5.39 Å². The standard InChI is InChI=1S/C15H16N3.ClH/c1-2-12-7-9-13(10-8-12)11-17-14-5-3-4-6-15(14)18-16;/h3-10,17H,2,11H2,1H3;1H/q+1;/p-1. The van der Waals surface area contributed by atoms with Crippen molar-refractivity contribution >= 4 is 11.4 Å². The average Bonchev–Trinajstić information content (AvgIpc) is 2.46. The highest BCUT2D eigenvalue weighted by molar-refractivity contribution is 5.68. The third-order valence-electron chi connectivity index (χ3n) is 2.93. The molecule has 3 nitrogen and oxygen atoms in total. The Morgan fingerprint density at radius 3 is 2.26 bits per heavy atom. The predicted octanol–water partition coefficient (Wildman–Crippen LogP) is 1.35. The number of nitrogens with one attached hydrogen (secondary N) is 1. The number of para-hydroxylation sites is 1. The maximum atomic E-state index is 8.87. The van der Waals surface area contributed by atoms with Crippen molar-refractivity contribution in [1.29, 1.82) is 5.39 Å². The summed E-state index contributed by atoms with van der Waals surface area (Å²) in [4.78, 5) is 3.25. The molecule has 0 aliphatic rings. The number of halogens is 1. The minimum absolute atomic E-state index is 0. The number of hydrogen-bond donors (Lipinski definition) is 1. The molecule has 0 saturated heterocycles. The monoisotopic (exact) mass is 273 g/mol. The molecule has 2 rings (SSSR count). The number of aryl methyl sites for hydroxylation is 1. The van der Waals surface area contributed by atoms with Gasteiger partial charge < -0.3 is 17.7 Å². The molecule has 0 aromatic heterocycles. The van der Waals surface area contributed by atoms with Gasteiger partial charge in [0.2, 0.25) is 5.39 Å². The fraction of sp³-hybridized carbons (Fsp3) is 0.200. The van der Waals surface area contributed by atoms with Gasteiger partial charge in [-0.2, -0.15) is 0 Å². The first-order chi connectivity index (χ1) is 8.83. The quantitative estimate of drug-likeness (QED) is 0.855. The third kappa shape index (κ3) is 3.97. The van der Waals surface area contributed by atoms with E-state index in [1.54, 1.807) is 6.07 Å². The molecule has 0 radical (unpaired) electrons. The lowest BCUT2D eigenvalue weighted by Gasteiger charge is -2.05. The third-order valence-corrected chi connectivity index (χ3v) is 2.93. The summed E-state index contributed by atoms with van der Waals surface area (Å²) in [5.41, 5.74) is 3.94. The normalized spacial score (nSPS) is 9.26. The summed E-state index contributed by atoms with van der Waals surface area (Å²) < 4.78 is 0. The minimum Gasteiger partial charge on any atom is -1.00 e. The lowest BCUT2D eigenvalue weighted by molar-refractivity contribution is -0.00000388. The molecule has 0 heterocycles. The minimum atomic E-state index is 0. The largest absolute Gasteiger partial charge is 1.00 e. The van der Waals surface area contributed by atoms with Crippen LogP contribution in [0.3, 0.4) is 0 Å². The molecule has 4 heteroatoms. The molecule has 0 aliphatic heterocycles. The van der Waals surface area contributed by atoms with E-state index in [2.05, 4.69) is 41.5 Å². The van der Waals surface area contributed by atoms with Gasteiger partial charge in [0.25, 0.3) is 0 Å². The van der Waals surface area contributed by atoms with E-state index in [1.165, 1.54) is 11.1 Å². The van der Waals surface area contributed by atoms with Gasteiger partial charge in [0.1, 0.15) is 5.69 Å². The molecule has 2 aromatic carbocycles. The Labute approximate surface area is 119 Å². The maximum absolute atomic E-state index is 8.87. The van der Waals surface area contributed by atoms with Gasteiger partial charge >= 0.3 is 5.69 Å². The van der Waals surface area contributed by atoms with Crippen LogP contribution in [0.4, 0.5) is 11.4 Å². The summed E-state index contributed by atoms with van der Waals surface area (Å²) in [5.74, 6) is 0. The molecule has 0 atom stereocenters. The zero-order valence-corrected chi connectivity index (χ0v) is 11.6. The summed E-state index contributed by atoms with van der Waals surface area (Å²) in [6.45, 7) is 2.86. The molecule has 98 valence electrons. The molecular formula is C15H16ClN3. The van der Waals surface area contributed by atoms with Crippen molar-refractivity contribution in [3.05, 3.63) is 64.6 Å². The lowest BCUT2D eigenvalue weighted by Crippen LogP contribution is -3.00. The first kappa shape index (κ1) is 15.0. The van der Waals surface area contributed by atoms with Crippen molar-refractivity contribution in [3.8, 4) is 0 Å². The van der Waals surface area contributed by atoms with Crippen molar-refractivity contribution < 1.29 is 12.4 Å². The molecule has 19 heavy (non-hydrogen) atoms. The van der Waals surface area contributed by atoms with Crippen molar-refractivity contribution in [2.75, 3.05) is 5.32 Å². The number of rotatable bonds is 4. The highest BCUT2D eigenvalue weighted by Crippen LogP contribution is 2.24. The van der Waals surface area contributed by atoms with Crippen LogP contribution in [0.1, 0.15) is 18.1 Å². The number of benzene rings is 2. The molecule has 2 aromatic rings. The molecular weight excluding hydrogens is 258 g/mol. The van der Waals surface area contributed by atoms with Crippen LogP contribution in [0.15, 0.2) is 48.5 Å². The molecule has 0 saturated carbocycles. The smallest absolute Gasteiger partial charge is 0.407 e. The molecule has 0 bridgehead atoms. The van der Waals surface area contributed by atoms with Gasteiger partial charge in [-0.1, -0.05) is 43.3 Å². The Kier molecular flexibility index (Phi) is 5.84. The van der Waals surface area contributed by atoms with Crippen LogP contribution in [-0.2, 0) is 13.0 Å². The van der Waals surface area contributed by atoms with E-state index in [-0.39, 0.29) is 12.4 Å². The number of anilines is 1. The van der Waals surface area contributed by atoms with E-state index in [0.717, 1.165) is 18.7 Å². The van der Waals surface area contributed by atoms with E-state index >= 15 is 0 Å². The van der Waals surface area contributed by atoms with Gasteiger partial charge in [-0.05, 0) is 23.6 Å². The summed E-state index contributed by atoms with van der Waals surface area (Å²) in [5, 5.41) is 12.1. The van der Waals surface area contributed by atoms with E-state index in [1.807, 2.05) is 18.2 Å². The van der Waals surface area contributed by atoms with Gasteiger partial charge in [-0.3, -0.25) is 0 Å². The number of nitrogens with zero attached hydrogens (tertiary/aromatic N) is 2. The van der Waals surface area contributed by atoms with Crippen LogP contribution < -0.4 is 17.7 Å². The highest BCUT2D eigenvalue weighted by Gasteiger charge is 2.10. The van der Waals surface area contributed by atoms with E-state index < -0.39 is 0 Å². The average molecular weight is 274 g/mol. The Hall–Kier alpha value is -2.05. The molecule has 0 unspecified atom stereocenters. The van der Waals surface area contributed by atoms with Crippen LogP contribution in [0.25, 0.3) is 4.98 Å². The van der Waals surface area contributed by atoms with Crippen LogP contribution in [0.5, 0.6) is 0 Å². The molecule has 0 fully saturated rings. The first-order valence-electron chi connectivity index (χ1n) is 6.09. The van der Waals surface area contributed by atoms with E-state index in [9.17, 15) is 0 Å². The maximum Gasteiger partial charge on any atom is 0.407 e. The fourth-order valence-electron chi connectivity index (χ4n) is 1.80. The van der Waals surface area contributed by atoms with Gasteiger partial charge in [-0.15, -0.1) is 0 Å². The predicted molar refractivity (Wildman–Crippen MR) is 74.3 cm³/mol. The molecule has 0 spiro atoms. The lowest BCUT2D eigenvalue weighted by atomic mass is 10.1. The Balaban J connectivity index is 0.00000180. The van der Waals surface area contributed by atoms with Crippen LogP contribution >= 0.6 is 0 Å². The molecule has 1 N–H and O–H groups in total. The SMILES string of the molecule is CCc1ccc(CNc2ccccc2[N+]#N)cc1.[Cl-]. The first-order valence-corrected chi connectivity index (χ1v) is 6.09. The summed E-state index contributed by atoms with van der Waals surface area (Å²) in [6, 6.07) is 15.9. The van der Waals surface area contributed by atoms with Crippen LogP contribution in [-0.4, -0.2) is 0 Å². The van der Waals surface area contributed by atoms with Gasteiger partial charge in [0, 0.05) is 12.6 Å². The van der Waals surface area contributed by atoms with Gasteiger partial charge in [0.05, 0.1) is 0 Å². The highest BCUT2D eigenvalue weighted by atomic mass is 35.5. The van der Waals surface area contributed by atoms with Crippen molar-refractivity contribution in [2.45, 2.75) is 19.9 Å². The number of diazo groups is 1. The second-order valence-corrected chi connectivity index (χ2v) is 4.14. The second kappa shape index (κ2) is 7.40. The molecule has 0 aliphatic carbocycles. The topological polar surface area (TPSA) is 40.2 Å². The van der Waals surface area contributed by atoms with Crippen molar-refractivity contribution in [2.24, 2.45) is 0 Å². The Bertz CT molecular complexity index is 558. The Morgan fingerprint density at radius 2 is 1.63 bits per heavy atom. The van der Waals surface area contributed by atoms with Crippen LogP contribution in [0.2, 0.25) is 0 Å². The number of hydrogen-bond acceptors (Lipinski definition) is 2. The van der Waals surface area contributed by atoms with Crippen molar-refractivity contribution in [3.63, 3.8) is 0 Å². The zero-order valence-electron chi connectivity index (χ0n) is 10.8. The Morgan fingerprint density at radius 1 is 1.00 bits per heavy atom. The fourth-order valence-corrected chi connectivity index (χ4v) is 1.80. The summed E-state index contributed by atoms with van der Waals surface area (Å²) in [6.07, 6.45) is 1.06.